The Bertz CT molecular complexity index is 1070. The Morgan fingerprint density at radius 2 is 2.00 bits per heavy atom. The fourth-order valence-electron chi connectivity index (χ4n) is 4.46. The van der Waals surface area contributed by atoms with E-state index in [0.717, 1.165) is 40.2 Å². The van der Waals surface area contributed by atoms with Gasteiger partial charge in [-0.25, -0.2) is 0 Å². The summed E-state index contributed by atoms with van der Waals surface area (Å²) in [6.45, 7) is 5.80. The molecule has 0 spiro atoms. The molecule has 1 aliphatic heterocycles. The van der Waals surface area contributed by atoms with Crippen molar-refractivity contribution in [1.82, 2.24) is 19.8 Å². The second kappa shape index (κ2) is 9.39. The number of aryl methyl sites for hydroxylation is 1. The largest absolute Gasteiger partial charge is 0.385 e. The molecule has 4 rings (SSSR count). The molecule has 0 unspecified atom stereocenters. The van der Waals surface area contributed by atoms with Crippen LogP contribution in [0.15, 0.2) is 54.7 Å². The van der Waals surface area contributed by atoms with E-state index in [1.54, 1.807) is 7.11 Å². The summed E-state index contributed by atoms with van der Waals surface area (Å²) in [4.78, 5) is 6.91. The van der Waals surface area contributed by atoms with Gasteiger partial charge in [0, 0.05) is 48.6 Å². The van der Waals surface area contributed by atoms with E-state index in [1.807, 2.05) is 36.5 Å². The summed E-state index contributed by atoms with van der Waals surface area (Å²) in [5, 5.41) is 5.00. The van der Waals surface area contributed by atoms with Gasteiger partial charge in [-0.1, -0.05) is 23.7 Å². The van der Waals surface area contributed by atoms with E-state index < -0.39 is 0 Å². The molecule has 3 heterocycles. The molecule has 1 N–H and O–H groups in total. The van der Waals surface area contributed by atoms with Crippen LogP contribution in [-0.4, -0.2) is 39.8 Å². The van der Waals surface area contributed by atoms with Crippen molar-refractivity contribution in [3.63, 3.8) is 0 Å². The van der Waals surface area contributed by atoms with Gasteiger partial charge in [0.15, 0.2) is 5.11 Å². The number of hydrogen-bond acceptors (Lipinski definition) is 3. The molecule has 2 atom stereocenters. The van der Waals surface area contributed by atoms with Gasteiger partial charge in [-0.3, -0.25) is 4.98 Å². The first-order valence-electron chi connectivity index (χ1n) is 10.4. The Kier molecular flexibility index (Phi) is 6.60. The van der Waals surface area contributed by atoms with Crippen LogP contribution in [0.1, 0.15) is 41.1 Å². The highest BCUT2D eigenvalue weighted by Gasteiger charge is 2.41. The van der Waals surface area contributed by atoms with E-state index in [4.69, 9.17) is 28.6 Å². The molecule has 0 saturated carbocycles. The molecule has 1 aromatic carbocycles. The van der Waals surface area contributed by atoms with Crippen LogP contribution in [0.3, 0.4) is 0 Å². The molecule has 0 radical (unpaired) electrons. The molecule has 162 valence electrons. The molecule has 7 heteroatoms. The number of halogens is 1. The Labute approximate surface area is 194 Å². The van der Waals surface area contributed by atoms with E-state index in [9.17, 15) is 0 Å². The number of benzene rings is 1. The van der Waals surface area contributed by atoms with Crippen molar-refractivity contribution < 1.29 is 4.74 Å². The highest BCUT2D eigenvalue weighted by Crippen LogP contribution is 2.41. The first kappa shape index (κ1) is 21.8. The average Bonchev–Trinajstić information content (AvgIpc) is 3.24. The third kappa shape index (κ3) is 4.33. The van der Waals surface area contributed by atoms with Gasteiger partial charge in [-0.15, -0.1) is 0 Å². The average molecular weight is 455 g/mol. The Morgan fingerprint density at radius 1 is 1.16 bits per heavy atom. The summed E-state index contributed by atoms with van der Waals surface area (Å²) in [6, 6.07) is 16.3. The highest BCUT2D eigenvalue weighted by atomic mass is 35.5. The van der Waals surface area contributed by atoms with Gasteiger partial charge < -0.3 is 19.5 Å². The summed E-state index contributed by atoms with van der Waals surface area (Å²) in [5.41, 5.74) is 5.61. The normalized spacial score (nSPS) is 18.5. The zero-order valence-corrected chi connectivity index (χ0v) is 19.6. The van der Waals surface area contributed by atoms with E-state index in [-0.39, 0.29) is 12.1 Å². The fraction of sp³-hybridized carbons (Fsp3) is 0.333. The first-order valence-corrected chi connectivity index (χ1v) is 11.2. The second-order valence-corrected chi connectivity index (χ2v) is 8.63. The van der Waals surface area contributed by atoms with Crippen molar-refractivity contribution in [2.75, 3.05) is 20.3 Å². The molecule has 5 nitrogen and oxygen atoms in total. The molecule has 3 aromatic rings. The van der Waals surface area contributed by atoms with Crippen LogP contribution in [0, 0.1) is 13.8 Å². The van der Waals surface area contributed by atoms with E-state index in [2.05, 4.69) is 51.8 Å². The van der Waals surface area contributed by atoms with Gasteiger partial charge in [0.05, 0.1) is 17.8 Å². The van der Waals surface area contributed by atoms with E-state index in [0.29, 0.717) is 6.61 Å². The Morgan fingerprint density at radius 3 is 2.71 bits per heavy atom. The second-order valence-electron chi connectivity index (χ2n) is 7.81. The molecule has 0 aliphatic carbocycles. The zero-order chi connectivity index (χ0) is 22.0. The van der Waals surface area contributed by atoms with Gasteiger partial charge in [-0.05, 0) is 74.4 Å². The van der Waals surface area contributed by atoms with Crippen molar-refractivity contribution in [1.29, 1.82) is 0 Å². The number of nitrogens with zero attached hydrogens (tertiary/aromatic N) is 3. The number of ether oxygens (including phenoxy) is 1. The predicted molar refractivity (Wildman–Crippen MR) is 129 cm³/mol. The lowest BCUT2D eigenvalue weighted by molar-refractivity contribution is 0.180. The van der Waals surface area contributed by atoms with Crippen LogP contribution in [-0.2, 0) is 4.74 Å². The van der Waals surface area contributed by atoms with Crippen LogP contribution >= 0.6 is 23.8 Å². The Hall–Kier alpha value is -2.41. The number of thiocarbonyl (C=S) groups is 1. The molecule has 1 fully saturated rings. The smallest absolute Gasteiger partial charge is 0.170 e. The monoisotopic (exact) mass is 454 g/mol. The maximum Gasteiger partial charge on any atom is 0.170 e. The summed E-state index contributed by atoms with van der Waals surface area (Å²) >= 11 is 12.0. The van der Waals surface area contributed by atoms with Crippen molar-refractivity contribution in [2.24, 2.45) is 0 Å². The van der Waals surface area contributed by atoms with Crippen LogP contribution in [0.4, 0.5) is 0 Å². The minimum absolute atomic E-state index is 0.0236. The molecule has 2 aromatic heterocycles. The van der Waals surface area contributed by atoms with Crippen molar-refractivity contribution in [2.45, 2.75) is 32.4 Å². The zero-order valence-electron chi connectivity index (χ0n) is 18.0. The Balaban J connectivity index is 1.79. The lowest BCUT2D eigenvalue weighted by atomic mass is 9.96. The summed E-state index contributed by atoms with van der Waals surface area (Å²) in [7, 11) is 1.73. The fourth-order valence-corrected chi connectivity index (χ4v) is 4.98. The van der Waals surface area contributed by atoms with E-state index >= 15 is 0 Å². The number of aromatic nitrogens is 2. The van der Waals surface area contributed by atoms with Gasteiger partial charge >= 0.3 is 0 Å². The maximum atomic E-state index is 6.28. The van der Waals surface area contributed by atoms with Crippen LogP contribution < -0.4 is 5.32 Å². The van der Waals surface area contributed by atoms with Crippen LogP contribution in [0.2, 0.25) is 5.02 Å². The number of pyridine rings is 1. The van der Waals surface area contributed by atoms with Crippen molar-refractivity contribution in [3.05, 3.63) is 82.4 Å². The van der Waals surface area contributed by atoms with Crippen LogP contribution in [0.5, 0.6) is 0 Å². The minimum atomic E-state index is -0.0236. The predicted octanol–water partition coefficient (Wildman–Crippen LogP) is 5.15. The van der Waals surface area contributed by atoms with Crippen LogP contribution in [0.25, 0.3) is 5.69 Å². The molecule has 1 aliphatic rings. The number of rotatable bonds is 7. The third-order valence-corrected chi connectivity index (χ3v) is 6.39. The third-order valence-electron chi connectivity index (χ3n) is 5.80. The summed E-state index contributed by atoms with van der Waals surface area (Å²) < 4.78 is 7.54. The van der Waals surface area contributed by atoms with Gasteiger partial charge in [-0.2, -0.15) is 0 Å². The standard InChI is InChI=1S/C24H27ClN4OS/c1-16-14-20(17(2)29(16)19-9-6-8-18(25)15-19)23-22(21-10-4-5-11-26-21)27-24(31)28(23)12-7-13-30-3/h4-6,8-11,14-15,22-23H,7,12-13H2,1-3H3,(H,27,31)/t22-,23+/m1/s1. The molecule has 1 saturated heterocycles. The molecule has 0 amide bonds. The topological polar surface area (TPSA) is 42.3 Å². The molecule has 0 bridgehead atoms. The molecular weight excluding hydrogens is 428 g/mol. The van der Waals surface area contributed by atoms with Crippen molar-refractivity contribution in [3.8, 4) is 5.69 Å². The van der Waals surface area contributed by atoms with Crippen molar-refractivity contribution >= 4 is 28.9 Å². The maximum absolute atomic E-state index is 6.28. The van der Waals surface area contributed by atoms with Gasteiger partial charge in [0.25, 0.3) is 0 Å². The minimum Gasteiger partial charge on any atom is -0.385 e. The lowest BCUT2D eigenvalue weighted by Crippen LogP contribution is -2.31. The number of hydrogen-bond donors (Lipinski definition) is 1. The van der Waals surface area contributed by atoms with Gasteiger partial charge in [0.1, 0.15) is 0 Å². The highest BCUT2D eigenvalue weighted by molar-refractivity contribution is 7.80. The summed E-state index contributed by atoms with van der Waals surface area (Å²) in [5.74, 6) is 0. The summed E-state index contributed by atoms with van der Waals surface area (Å²) in [6.07, 6.45) is 2.73. The quantitative estimate of drug-likeness (QED) is 0.395. The first-order chi connectivity index (χ1) is 15.0. The van der Waals surface area contributed by atoms with Gasteiger partial charge in [0.2, 0.25) is 0 Å². The number of methoxy groups -OCH3 is 1. The number of nitrogens with one attached hydrogen (secondary N) is 1. The molecular formula is C24H27ClN4OS. The SMILES string of the molecule is COCCCN1C(=S)N[C@H](c2ccccn2)[C@@H]1c1cc(C)n(-c2cccc(Cl)c2)c1C. The molecule has 31 heavy (non-hydrogen) atoms. The van der Waals surface area contributed by atoms with E-state index in [1.165, 1.54) is 11.3 Å². The lowest BCUT2D eigenvalue weighted by Gasteiger charge is -2.28.